The third-order valence-electron chi connectivity index (χ3n) is 3.36. The minimum absolute atomic E-state index is 0.0719. The van der Waals surface area contributed by atoms with Gasteiger partial charge in [0.05, 0.1) is 0 Å². The van der Waals surface area contributed by atoms with Gasteiger partial charge < -0.3 is 4.74 Å². The van der Waals surface area contributed by atoms with E-state index in [0.29, 0.717) is 0 Å². The molecule has 0 amide bonds. The second-order valence-corrected chi connectivity index (χ2v) is 4.33. The summed E-state index contributed by atoms with van der Waals surface area (Å²) < 4.78 is 31.5. The highest BCUT2D eigenvalue weighted by molar-refractivity contribution is 5.52. The highest BCUT2D eigenvalue weighted by Crippen LogP contribution is 2.41. The van der Waals surface area contributed by atoms with Crippen molar-refractivity contribution in [2.75, 3.05) is 0 Å². The first-order valence-corrected chi connectivity index (χ1v) is 5.56. The van der Waals surface area contributed by atoms with Crippen molar-refractivity contribution in [3.63, 3.8) is 0 Å². The van der Waals surface area contributed by atoms with Crippen LogP contribution in [0.1, 0.15) is 24.3 Å². The Hall–Kier alpha value is -1.71. The fourth-order valence-corrected chi connectivity index (χ4v) is 2.51. The Balaban J connectivity index is 1.92. The number of benzene rings is 1. The van der Waals surface area contributed by atoms with Crippen LogP contribution >= 0.6 is 0 Å². The number of hydrogen-bond donors (Lipinski definition) is 0. The maximum absolute atomic E-state index is 13.2. The van der Waals surface area contributed by atoms with Crippen LogP contribution in [0.3, 0.4) is 0 Å². The lowest BCUT2D eigenvalue weighted by Gasteiger charge is -2.21. The van der Waals surface area contributed by atoms with E-state index in [1.165, 1.54) is 18.5 Å². The molecular formula is C13H11F2NO. The van der Waals surface area contributed by atoms with Crippen LogP contribution in [0.2, 0.25) is 0 Å². The molecule has 1 aliphatic carbocycles. The van der Waals surface area contributed by atoms with E-state index in [1.54, 1.807) is 12.3 Å². The maximum Gasteiger partial charge on any atom is 0.174 e. The molecule has 0 spiro atoms. The molecule has 2 aliphatic rings. The van der Waals surface area contributed by atoms with Crippen molar-refractivity contribution in [2.45, 2.75) is 24.9 Å². The van der Waals surface area contributed by atoms with Gasteiger partial charge in [-0.2, -0.15) is 0 Å². The summed E-state index contributed by atoms with van der Waals surface area (Å²) in [6.45, 7) is 0. The lowest BCUT2D eigenvalue weighted by atomic mass is 9.94. The minimum Gasteiger partial charge on any atom is -0.475 e. The van der Waals surface area contributed by atoms with E-state index in [0.717, 1.165) is 24.0 Å². The van der Waals surface area contributed by atoms with Gasteiger partial charge in [0.15, 0.2) is 18.0 Å². The summed E-state index contributed by atoms with van der Waals surface area (Å²) in [7, 11) is 0. The van der Waals surface area contributed by atoms with Gasteiger partial charge in [0.25, 0.3) is 0 Å². The number of hydrogen-bond acceptors (Lipinski definition) is 2. The van der Waals surface area contributed by atoms with E-state index < -0.39 is 11.6 Å². The van der Waals surface area contributed by atoms with Crippen LogP contribution in [0.5, 0.6) is 0 Å². The molecule has 2 unspecified atom stereocenters. The van der Waals surface area contributed by atoms with Crippen LogP contribution < -0.4 is 0 Å². The van der Waals surface area contributed by atoms with Gasteiger partial charge in [-0.15, -0.1) is 0 Å². The Morgan fingerprint density at radius 2 is 2.12 bits per heavy atom. The summed E-state index contributed by atoms with van der Waals surface area (Å²) in [4.78, 5) is 3.94. The van der Waals surface area contributed by atoms with Crippen molar-refractivity contribution < 1.29 is 13.5 Å². The van der Waals surface area contributed by atoms with Crippen molar-refractivity contribution in [1.82, 2.24) is 0 Å². The van der Waals surface area contributed by atoms with E-state index in [2.05, 4.69) is 4.99 Å². The van der Waals surface area contributed by atoms with Crippen LogP contribution in [0, 0.1) is 11.6 Å². The molecule has 1 fully saturated rings. The number of nitrogens with zero attached hydrogens (tertiary/aromatic N) is 1. The molecule has 88 valence electrons. The van der Waals surface area contributed by atoms with Crippen LogP contribution in [0.15, 0.2) is 35.0 Å². The molecule has 3 rings (SSSR count). The average Bonchev–Trinajstić information content (AvgIpc) is 2.76. The minimum atomic E-state index is -0.811. The molecule has 1 aromatic carbocycles. The van der Waals surface area contributed by atoms with E-state index in [-0.39, 0.29) is 12.0 Å². The second kappa shape index (κ2) is 3.95. The second-order valence-electron chi connectivity index (χ2n) is 4.33. The molecule has 0 radical (unpaired) electrons. The van der Waals surface area contributed by atoms with Crippen molar-refractivity contribution in [3.05, 3.63) is 47.2 Å². The summed E-state index contributed by atoms with van der Waals surface area (Å²) in [5.41, 5.74) is 1.91. The molecule has 0 bridgehead atoms. The van der Waals surface area contributed by atoms with E-state index >= 15 is 0 Å². The smallest absolute Gasteiger partial charge is 0.174 e. The van der Waals surface area contributed by atoms with Crippen molar-refractivity contribution in [3.8, 4) is 0 Å². The summed E-state index contributed by atoms with van der Waals surface area (Å²) in [5.74, 6) is -1.53. The number of fused-ring (bicyclic) bond motifs is 1. The Kier molecular flexibility index (Phi) is 2.42. The first-order valence-electron chi connectivity index (χ1n) is 5.56. The zero-order chi connectivity index (χ0) is 11.8. The zero-order valence-electron chi connectivity index (χ0n) is 9.07. The molecule has 17 heavy (non-hydrogen) atoms. The van der Waals surface area contributed by atoms with Gasteiger partial charge in [0, 0.05) is 12.1 Å². The molecule has 2 nitrogen and oxygen atoms in total. The topological polar surface area (TPSA) is 21.6 Å². The fourth-order valence-electron chi connectivity index (χ4n) is 2.51. The van der Waals surface area contributed by atoms with E-state index in [4.69, 9.17) is 4.74 Å². The SMILES string of the molecule is Fc1ccc(C2CCC3=CN=COC32)cc1F. The Labute approximate surface area is 97.6 Å². The zero-order valence-corrected chi connectivity index (χ0v) is 9.07. The van der Waals surface area contributed by atoms with Crippen LogP contribution in [0.4, 0.5) is 8.78 Å². The number of rotatable bonds is 1. The summed E-state index contributed by atoms with van der Waals surface area (Å²) in [6.07, 6.45) is 4.91. The molecule has 1 heterocycles. The molecule has 1 aromatic rings. The largest absolute Gasteiger partial charge is 0.475 e. The van der Waals surface area contributed by atoms with Crippen LogP contribution in [0.25, 0.3) is 0 Å². The summed E-state index contributed by atoms with van der Waals surface area (Å²) in [6, 6.07) is 4.06. The van der Waals surface area contributed by atoms with Crippen molar-refractivity contribution in [2.24, 2.45) is 4.99 Å². The van der Waals surface area contributed by atoms with Crippen molar-refractivity contribution >= 4 is 6.40 Å². The standard InChI is InChI=1S/C13H11F2NO/c14-11-4-2-8(5-12(11)15)10-3-1-9-6-16-7-17-13(9)10/h2,4-7,10,13H,1,3H2. The molecule has 0 saturated heterocycles. The Bertz CT molecular complexity index is 510. The van der Waals surface area contributed by atoms with Gasteiger partial charge in [-0.1, -0.05) is 6.07 Å². The predicted molar refractivity (Wildman–Crippen MR) is 59.8 cm³/mol. The normalized spacial score (nSPS) is 26.4. The van der Waals surface area contributed by atoms with Gasteiger partial charge in [-0.25, -0.2) is 13.8 Å². The Morgan fingerprint density at radius 3 is 2.94 bits per heavy atom. The number of halogens is 2. The molecule has 1 saturated carbocycles. The Morgan fingerprint density at radius 1 is 1.24 bits per heavy atom. The lowest BCUT2D eigenvalue weighted by Crippen LogP contribution is -2.19. The molecular weight excluding hydrogens is 224 g/mol. The number of ether oxygens (including phenoxy) is 1. The van der Waals surface area contributed by atoms with Crippen LogP contribution in [-0.2, 0) is 4.74 Å². The van der Waals surface area contributed by atoms with Gasteiger partial charge in [0.2, 0.25) is 0 Å². The number of aliphatic imine (C=N–C) groups is 1. The molecule has 1 aliphatic heterocycles. The highest BCUT2D eigenvalue weighted by Gasteiger charge is 2.35. The van der Waals surface area contributed by atoms with Crippen LogP contribution in [-0.4, -0.2) is 12.5 Å². The average molecular weight is 235 g/mol. The predicted octanol–water partition coefficient (Wildman–Crippen LogP) is 3.15. The fraction of sp³-hybridized carbons (Fsp3) is 0.308. The summed E-state index contributed by atoms with van der Waals surface area (Å²) in [5, 5.41) is 0. The van der Waals surface area contributed by atoms with Gasteiger partial charge in [-0.05, 0) is 36.1 Å². The molecule has 2 atom stereocenters. The lowest BCUT2D eigenvalue weighted by molar-refractivity contribution is 0.216. The third kappa shape index (κ3) is 1.73. The van der Waals surface area contributed by atoms with E-state index in [1.807, 2.05) is 0 Å². The first kappa shape index (κ1) is 10.4. The third-order valence-corrected chi connectivity index (χ3v) is 3.36. The monoisotopic (exact) mass is 235 g/mol. The maximum atomic E-state index is 13.2. The van der Waals surface area contributed by atoms with Gasteiger partial charge in [-0.3, -0.25) is 0 Å². The molecule has 4 heteroatoms. The van der Waals surface area contributed by atoms with Gasteiger partial charge in [0.1, 0.15) is 6.10 Å². The molecule has 0 N–H and O–H groups in total. The van der Waals surface area contributed by atoms with E-state index in [9.17, 15) is 8.78 Å². The van der Waals surface area contributed by atoms with Gasteiger partial charge >= 0.3 is 0 Å². The quantitative estimate of drug-likeness (QED) is 0.732. The molecule has 0 aromatic heterocycles. The first-order chi connectivity index (χ1) is 8.25. The highest BCUT2D eigenvalue weighted by atomic mass is 19.2. The van der Waals surface area contributed by atoms with Crippen molar-refractivity contribution in [1.29, 1.82) is 0 Å². The summed E-state index contributed by atoms with van der Waals surface area (Å²) >= 11 is 0.